The third kappa shape index (κ3) is 4.26. The number of imidazole rings is 1. The summed E-state index contributed by atoms with van der Waals surface area (Å²) in [6.45, 7) is 0. The second-order valence-corrected chi connectivity index (χ2v) is 8.89. The lowest BCUT2D eigenvalue weighted by Gasteiger charge is -2.29. The van der Waals surface area contributed by atoms with Gasteiger partial charge in [-0.1, -0.05) is 23.7 Å². The van der Waals surface area contributed by atoms with E-state index in [1.54, 1.807) is 66.0 Å². The van der Waals surface area contributed by atoms with E-state index >= 15 is 0 Å². The molecular formula is C28H18ClN5O3. The number of rotatable bonds is 0. The molecule has 0 atom stereocenters. The van der Waals surface area contributed by atoms with E-state index in [1.165, 1.54) is 0 Å². The number of halogens is 1. The summed E-state index contributed by atoms with van der Waals surface area (Å²) in [4.78, 5) is 25.9. The summed E-state index contributed by atoms with van der Waals surface area (Å²) in [6, 6.07) is 14.6. The van der Waals surface area contributed by atoms with Crippen molar-refractivity contribution in [1.29, 1.82) is 5.26 Å². The van der Waals surface area contributed by atoms with Gasteiger partial charge in [0.05, 0.1) is 24.2 Å². The fraction of sp³-hybridized carbons (Fsp3) is 0.107. The minimum absolute atomic E-state index is 0.0279. The number of aliphatic imine (C=N–C) groups is 2. The number of ketones is 1. The average molecular weight is 508 g/mol. The fourth-order valence-corrected chi connectivity index (χ4v) is 4.66. The number of carbonyl (C=O) groups excluding carboxylic acids is 1. The normalized spacial score (nSPS) is 16.6. The van der Waals surface area contributed by atoms with Crippen LogP contribution in [0.4, 0.5) is 0 Å². The summed E-state index contributed by atoms with van der Waals surface area (Å²) in [5, 5.41) is 9.70. The molecule has 1 saturated carbocycles. The zero-order valence-electron chi connectivity index (χ0n) is 19.4. The molecule has 0 amide bonds. The van der Waals surface area contributed by atoms with Crippen LogP contribution in [0.5, 0.6) is 17.2 Å². The van der Waals surface area contributed by atoms with Gasteiger partial charge in [-0.3, -0.25) is 9.79 Å². The van der Waals surface area contributed by atoms with Gasteiger partial charge in [0.25, 0.3) is 0 Å². The zero-order valence-corrected chi connectivity index (χ0v) is 20.1. The first-order valence-corrected chi connectivity index (χ1v) is 11.9. The smallest absolute Gasteiger partial charge is 0.170 e. The number of nitriles is 1. The molecule has 0 unspecified atom stereocenters. The molecule has 0 spiro atoms. The number of para-hydroxylation sites is 2. The molecule has 2 aromatic carbocycles. The first-order valence-electron chi connectivity index (χ1n) is 11.5. The highest BCUT2D eigenvalue weighted by molar-refractivity contribution is 6.69. The Morgan fingerprint density at radius 3 is 2.73 bits per heavy atom. The first-order chi connectivity index (χ1) is 18.1. The van der Waals surface area contributed by atoms with Crippen LogP contribution in [0, 0.1) is 11.3 Å². The second kappa shape index (κ2) is 9.37. The molecule has 7 rings (SSSR count). The maximum Gasteiger partial charge on any atom is 0.170 e. The Labute approximate surface area is 217 Å². The molecule has 8 nitrogen and oxygen atoms in total. The summed E-state index contributed by atoms with van der Waals surface area (Å²) in [5.41, 5.74) is 3.47. The lowest BCUT2D eigenvalue weighted by atomic mass is 9.81. The molecule has 0 saturated heterocycles. The summed E-state index contributed by atoms with van der Waals surface area (Å²) >= 11 is 6.67. The van der Waals surface area contributed by atoms with Crippen LogP contribution in [-0.2, 0) is 4.79 Å². The van der Waals surface area contributed by atoms with Crippen LogP contribution in [0.3, 0.4) is 0 Å². The Morgan fingerprint density at radius 2 is 1.92 bits per heavy atom. The van der Waals surface area contributed by atoms with Crippen LogP contribution < -0.4 is 9.47 Å². The van der Waals surface area contributed by atoms with Gasteiger partial charge in [-0.2, -0.15) is 5.26 Å². The molecule has 1 aliphatic heterocycles. The Morgan fingerprint density at radius 1 is 1.08 bits per heavy atom. The van der Waals surface area contributed by atoms with E-state index in [2.05, 4.69) is 21.0 Å². The number of carbonyl (C=O) groups is 1. The predicted molar refractivity (Wildman–Crippen MR) is 139 cm³/mol. The van der Waals surface area contributed by atoms with Crippen molar-refractivity contribution in [3.63, 3.8) is 0 Å². The third-order valence-electron chi connectivity index (χ3n) is 6.26. The summed E-state index contributed by atoms with van der Waals surface area (Å²) in [7, 11) is 0. The van der Waals surface area contributed by atoms with Crippen molar-refractivity contribution >= 4 is 35.0 Å². The SMILES string of the molecule is N#Cc1ccc2cc1C=NC=Cn1cncc1C(Cl)=NC1=C3CCC(=C1Oc1ccccc1O2)CC3=O. The van der Waals surface area contributed by atoms with Gasteiger partial charge in [0.2, 0.25) is 0 Å². The monoisotopic (exact) mass is 507 g/mol. The van der Waals surface area contributed by atoms with Crippen molar-refractivity contribution < 1.29 is 14.3 Å². The molecule has 2 heterocycles. The van der Waals surface area contributed by atoms with Crippen LogP contribution in [0.1, 0.15) is 36.1 Å². The Bertz CT molecular complexity index is 1650. The van der Waals surface area contributed by atoms with E-state index in [-0.39, 0.29) is 11.0 Å². The Kier molecular flexibility index (Phi) is 5.75. The maximum absolute atomic E-state index is 12.8. The van der Waals surface area contributed by atoms with Crippen LogP contribution in [0.15, 0.2) is 93.8 Å². The Balaban J connectivity index is 1.54. The molecule has 37 heavy (non-hydrogen) atoms. The first kappa shape index (κ1) is 22.7. The van der Waals surface area contributed by atoms with E-state index in [4.69, 9.17) is 21.1 Å². The number of nitrogens with zero attached hydrogens (tertiary/aromatic N) is 5. The number of benzene rings is 2. The molecule has 180 valence electrons. The van der Waals surface area contributed by atoms with Gasteiger partial charge in [0, 0.05) is 36.2 Å². The molecule has 1 aromatic heterocycles. The maximum atomic E-state index is 12.8. The van der Waals surface area contributed by atoms with E-state index in [0.717, 1.165) is 5.57 Å². The van der Waals surface area contributed by atoms with Crippen molar-refractivity contribution in [2.45, 2.75) is 19.3 Å². The van der Waals surface area contributed by atoms with Gasteiger partial charge in [0.1, 0.15) is 17.1 Å². The zero-order chi connectivity index (χ0) is 25.4. The van der Waals surface area contributed by atoms with Crippen molar-refractivity contribution in [2.24, 2.45) is 9.98 Å². The lowest BCUT2D eigenvalue weighted by Crippen LogP contribution is -2.23. The van der Waals surface area contributed by atoms with Crippen LogP contribution in [-0.4, -0.2) is 26.7 Å². The molecule has 0 N–H and O–H groups in total. The fourth-order valence-electron chi connectivity index (χ4n) is 4.43. The summed E-state index contributed by atoms with van der Waals surface area (Å²) in [6.07, 6.45) is 9.55. The van der Waals surface area contributed by atoms with Crippen molar-refractivity contribution in [3.05, 3.63) is 101 Å². The highest BCUT2D eigenvalue weighted by Gasteiger charge is 2.34. The molecule has 4 bridgehead atoms. The van der Waals surface area contributed by atoms with Crippen molar-refractivity contribution in [3.8, 4) is 23.3 Å². The van der Waals surface area contributed by atoms with Crippen molar-refractivity contribution in [2.75, 3.05) is 0 Å². The van der Waals surface area contributed by atoms with Gasteiger partial charge < -0.3 is 14.0 Å². The minimum atomic E-state index is 0.0279. The number of aromatic nitrogens is 2. The quantitative estimate of drug-likeness (QED) is 0.385. The molecule has 9 heteroatoms. The third-order valence-corrected chi connectivity index (χ3v) is 6.53. The highest BCUT2D eigenvalue weighted by atomic mass is 35.5. The lowest BCUT2D eigenvalue weighted by molar-refractivity contribution is -0.115. The van der Waals surface area contributed by atoms with Gasteiger partial charge >= 0.3 is 0 Å². The second-order valence-electron chi connectivity index (χ2n) is 8.54. The van der Waals surface area contributed by atoms with Crippen LogP contribution in [0.25, 0.3) is 6.20 Å². The van der Waals surface area contributed by atoms with E-state index < -0.39 is 0 Å². The predicted octanol–water partition coefficient (Wildman–Crippen LogP) is 5.75. The number of hydrogen-bond donors (Lipinski definition) is 0. The molecule has 3 aliphatic carbocycles. The van der Waals surface area contributed by atoms with E-state index in [1.807, 2.05) is 12.1 Å². The average Bonchev–Trinajstić information content (AvgIpc) is 3.38. The highest BCUT2D eigenvalue weighted by Crippen LogP contribution is 2.43. The number of Topliss-reactive ketones (excluding diaryl/α,β-unsaturated/α-hetero) is 1. The number of fused-ring (bicyclic) bond motifs is 6. The Hall–Kier alpha value is -4.74. The molecule has 4 aliphatic rings. The van der Waals surface area contributed by atoms with Crippen LogP contribution in [0.2, 0.25) is 0 Å². The number of hydrogen-bond acceptors (Lipinski definition) is 7. The molecule has 0 radical (unpaired) electrons. The van der Waals surface area contributed by atoms with Gasteiger partial charge in [0.15, 0.2) is 28.2 Å². The molecular weight excluding hydrogens is 490 g/mol. The van der Waals surface area contributed by atoms with E-state index in [9.17, 15) is 10.1 Å². The number of ether oxygens (including phenoxy) is 2. The standard InChI is InChI=1S/C28H18ClN5O3/c29-28-22-15-32-16-34(22)10-9-31-14-19-11-20(7-5-18(19)13-30)36-24-3-1-2-4-25(24)37-27-17-6-8-21(23(35)12-17)26(27)33-28/h1-5,7,9-11,14-16H,6,8,12H2. The molecule has 1 fully saturated rings. The van der Waals surface area contributed by atoms with Gasteiger partial charge in [-0.15, -0.1) is 0 Å². The molecule has 3 aromatic rings. The minimum Gasteiger partial charge on any atom is -0.453 e. The summed E-state index contributed by atoms with van der Waals surface area (Å²) < 4.78 is 14.2. The largest absolute Gasteiger partial charge is 0.453 e. The van der Waals surface area contributed by atoms with Crippen molar-refractivity contribution in [1.82, 2.24) is 9.55 Å². The van der Waals surface area contributed by atoms with Gasteiger partial charge in [-0.05, 0) is 48.7 Å². The van der Waals surface area contributed by atoms with E-state index in [0.29, 0.717) is 70.4 Å². The van der Waals surface area contributed by atoms with Crippen LogP contribution >= 0.6 is 11.6 Å². The van der Waals surface area contributed by atoms with Gasteiger partial charge in [-0.25, -0.2) is 9.98 Å². The summed E-state index contributed by atoms with van der Waals surface area (Å²) in [5.74, 6) is 1.99. The number of allylic oxidation sites excluding steroid dienone is 2. The topological polar surface area (TPSA) is 102 Å².